The summed E-state index contributed by atoms with van der Waals surface area (Å²) in [6.07, 6.45) is 0.0973. The molecule has 0 aromatic heterocycles. The van der Waals surface area contributed by atoms with Crippen LogP contribution in [0.25, 0.3) is 0 Å². The van der Waals surface area contributed by atoms with Crippen LogP contribution in [-0.4, -0.2) is 12.2 Å². The van der Waals surface area contributed by atoms with Gasteiger partial charge in [-0.15, -0.1) is 0 Å². The standard InChI is InChI=1S/C17H18ClN3O/c1-11-13(18)8-5-9-14(11)19-17-20-15(10-16(22)21-17)12-6-3-2-4-7-12/h2-9,15,17,19-20H,10H2,1H3,(H,21,22). The van der Waals surface area contributed by atoms with E-state index in [1.165, 1.54) is 0 Å². The molecule has 0 radical (unpaired) electrons. The summed E-state index contributed by atoms with van der Waals surface area (Å²) >= 11 is 6.14. The summed E-state index contributed by atoms with van der Waals surface area (Å²) in [6.45, 7) is 1.95. The molecule has 2 aromatic carbocycles. The number of nitrogens with one attached hydrogen (secondary N) is 3. The van der Waals surface area contributed by atoms with Crippen LogP contribution in [0.15, 0.2) is 48.5 Å². The van der Waals surface area contributed by atoms with Crippen LogP contribution in [0.5, 0.6) is 0 Å². The highest BCUT2D eigenvalue weighted by Gasteiger charge is 2.26. The van der Waals surface area contributed by atoms with Crippen LogP contribution < -0.4 is 16.0 Å². The minimum Gasteiger partial charge on any atom is -0.353 e. The molecule has 0 saturated carbocycles. The Morgan fingerprint density at radius 3 is 2.68 bits per heavy atom. The fourth-order valence-corrected chi connectivity index (χ4v) is 2.78. The monoisotopic (exact) mass is 315 g/mol. The fourth-order valence-electron chi connectivity index (χ4n) is 2.60. The number of benzene rings is 2. The zero-order valence-electron chi connectivity index (χ0n) is 12.3. The molecule has 1 aliphatic rings. The molecule has 0 spiro atoms. The Labute approximate surface area is 134 Å². The third-order valence-electron chi connectivity index (χ3n) is 3.83. The van der Waals surface area contributed by atoms with Gasteiger partial charge >= 0.3 is 0 Å². The molecule has 4 nitrogen and oxygen atoms in total. The van der Waals surface area contributed by atoms with Crippen molar-refractivity contribution >= 4 is 23.2 Å². The number of halogens is 1. The fraction of sp³-hybridized carbons (Fsp3) is 0.235. The van der Waals surface area contributed by atoms with Gasteiger partial charge in [-0.05, 0) is 30.2 Å². The molecule has 3 N–H and O–H groups in total. The molecule has 0 bridgehead atoms. The summed E-state index contributed by atoms with van der Waals surface area (Å²) in [5.74, 6) is 0.0183. The molecule has 2 unspecified atom stereocenters. The van der Waals surface area contributed by atoms with Crippen molar-refractivity contribution in [2.24, 2.45) is 0 Å². The Morgan fingerprint density at radius 2 is 1.91 bits per heavy atom. The lowest BCUT2D eigenvalue weighted by Gasteiger charge is -2.33. The summed E-state index contributed by atoms with van der Waals surface area (Å²) in [7, 11) is 0. The van der Waals surface area contributed by atoms with E-state index in [0.29, 0.717) is 11.4 Å². The van der Waals surface area contributed by atoms with E-state index in [1.54, 1.807) is 0 Å². The van der Waals surface area contributed by atoms with E-state index in [2.05, 4.69) is 16.0 Å². The van der Waals surface area contributed by atoms with E-state index in [9.17, 15) is 4.79 Å². The van der Waals surface area contributed by atoms with Crippen LogP contribution in [0, 0.1) is 6.92 Å². The molecular formula is C17H18ClN3O. The predicted octanol–water partition coefficient (Wildman–Crippen LogP) is 3.19. The summed E-state index contributed by atoms with van der Waals surface area (Å²) in [5, 5.41) is 10.3. The number of hydrogen-bond donors (Lipinski definition) is 3. The predicted molar refractivity (Wildman–Crippen MR) is 88.7 cm³/mol. The van der Waals surface area contributed by atoms with Crippen molar-refractivity contribution in [2.45, 2.75) is 25.7 Å². The van der Waals surface area contributed by atoms with E-state index in [1.807, 2.05) is 55.5 Å². The first-order valence-corrected chi connectivity index (χ1v) is 7.63. The molecule has 114 valence electrons. The van der Waals surface area contributed by atoms with Gasteiger partial charge in [0.15, 0.2) is 6.29 Å². The lowest BCUT2D eigenvalue weighted by Crippen LogP contribution is -2.56. The van der Waals surface area contributed by atoms with Crippen LogP contribution in [0.2, 0.25) is 5.02 Å². The molecule has 22 heavy (non-hydrogen) atoms. The maximum atomic E-state index is 12.0. The van der Waals surface area contributed by atoms with Gasteiger partial charge in [0.1, 0.15) is 0 Å². The van der Waals surface area contributed by atoms with Crippen LogP contribution in [0.3, 0.4) is 0 Å². The normalized spacial score (nSPS) is 21.3. The number of rotatable bonds is 3. The number of carbonyl (C=O) groups excluding carboxylic acids is 1. The molecule has 1 fully saturated rings. The molecule has 2 atom stereocenters. The Morgan fingerprint density at radius 1 is 1.14 bits per heavy atom. The zero-order valence-corrected chi connectivity index (χ0v) is 13.0. The van der Waals surface area contributed by atoms with Crippen molar-refractivity contribution in [1.82, 2.24) is 10.6 Å². The average molecular weight is 316 g/mol. The first kappa shape index (κ1) is 14.9. The topological polar surface area (TPSA) is 53.2 Å². The minimum atomic E-state index is -0.330. The SMILES string of the molecule is Cc1c(Cl)cccc1NC1NC(=O)CC(c2ccccc2)N1. The van der Waals surface area contributed by atoms with Gasteiger partial charge in [0.25, 0.3) is 0 Å². The molecule has 3 rings (SSSR count). The van der Waals surface area contributed by atoms with Crippen molar-refractivity contribution < 1.29 is 4.79 Å². The second kappa shape index (κ2) is 6.38. The molecule has 1 amide bonds. The first-order valence-electron chi connectivity index (χ1n) is 7.25. The van der Waals surface area contributed by atoms with Crippen molar-refractivity contribution in [3.8, 4) is 0 Å². The largest absolute Gasteiger partial charge is 0.353 e. The summed E-state index contributed by atoms with van der Waals surface area (Å²) in [4.78, 5) is 12.0. The molecule has 5 heteroatoms. The molecule has 1 saturated heterocycles. The Bertz CT molecular complexity index is 675. The lowest BCUT2D eigenvalue weighted by atomic mass is 10.0. The smallest absolute Gasteiger partial charge is 0.224 e. The van der Waals surface area contributed by atoms with Gasteiger partial charge in [0.2, 0.25) is 5.91 Å². The second-order valence-corrected chi connectivity index (χ2v) is 5.80. The van der Waals surface area contributed by atoms with Crippen LogP contribution in [0.4, 0.5) is 5.69 Å². The minimum absolute atomic E-state index is 0.00746. The van der Waals surface area contributed by atoms with Crippen molar-refractivity contribution in [3.05, 3.63) is 64.7 Å². The van der Waals surface area contributed by atoms with Crippen LogP contribution in [0.1, 0.15) is 23.6 Å². The van der Waals surface area contributed by atoms with Crippen molar-refractivity contribution in [2.75, 3.05) is 5.32 Å². The highest BCUT2D eigenvalue weighted by Crippen LogP contribution is 2.25. The lowest BCUT2D eigenvalue weighted by molar-refractivity contribution is -0.124. The van der Waals surface area contributed by atoms with E-state index in [-0.39, 0.29) is 18.2 Å². The Hall–Kier alpha value is -2.04. The molecule has 1 aliphatic heterocycles. The third kappa shape index (κ3) is 3.24. The van der Waals surface area contributed by atoms with Gasteiger partial charge in [0, 0.05) is 23.2 Å². The van der Waals surface area contributed by atoms with E-state index in [4.69, 9.17) is 11.6 Å². The average Bonchev–Trinajstić information content (AvgIpc) is 2.52. The summed E-state index contributed by atoms with van der Waals surface area (Å²) in [6, 6.07) is 15.7. The van der Waals surface area contributed by atoms with Crippen LogP contribution >= 0.6 is 11.6 Å². The number of carbonyl (C=O) groups is 1. The van der Waals surface area contributed by atoms with E-state index < -0.39 is 0 Å². The molecule has 1 heterocycles. The number of anilines is 1. The van der Waals surface area contributed by atoms with Gasteiger partial charge in [-0.3, -0.25) is 10.1 Å². The van der Waals surface area contributed by atoms with Gasteiger partial charge in [-0.1, -0.05) is 48.0 Å². The van der Waals surface area contributed by atoms with E-state index >= 15 is 0 Å². The highest BCUT2D eigenvalue weighted by atomic mass is 35.5. The maximum Gasteiger partial charge on any atom is 0.224 e. The Balaban J connectivity index is 1.77. The molecule has 0 aliphatic carbocycles. The van der Waals surface area contributed by atoms with Crippen molar-refractivity contribution in [1.29, 1.82) is 0 Å². The van der Waals surface area contributed by atoms with E-state index in [0.717, 1.165) is 16.8 Å². The second-order valence-electron chi connectivity index (χ2n) is 5.39. The first-order chi connectivity index (χ1) is 10.6. The van der Waals surface area contributed by atoms with Gasteiger partial charge in [0.05, 0.1) is 0 Å². The summed E-state index contributed by atoms with van der Waals surface area (Å²) in [5.41, 5.74) is 2.97. The number of amides is 1. The van der Waals surface area contributed by atoms with Crippen LogP contribution in [-0.2, 0) is 4.79 Å². The quantitative estimate of drug-likeness (QED) is 0.815. The zero-order chi connectivity index (χ0) is 15.5. The summed E-state index contributed by atoms with van der Waals surface area (Å²) < 4.78 is 0. The number of hydrogen-bond acceptors (Lipinski definition) is 3. The third-order valence-corrected chi connectivity index (χ3v) is 4.24. The van der Waals surface area contributed by atoms with Gasteiger partial charge < -0.3 is 10.6 Å². The molecule has 2 aromatic rings. The van der Waals surface area contributed by atoms with Crippen molar-refractivity contribution in [3.63, 3.8) is 0 Å². The molecular weight excluding hydrogens is 298 g/mol. The van der Waals surface area contributed by atoms with Gasteiger partial charge in [-0.25, -0.2) is 0 Å². The Kier molecular flexibility index (Phi) is 4.32. The maximum absolute atomic E-state index is 12.0. The van der Waals surface area contributed by atoms with Gasteiger partial charge in [-0.2, -0.15) is 0 Å². The highest BCUT2D eigenvalue weighted by molar-refractivity contribution is 6.31.